The Labute approximate surface area is 181 Å². The number of carbonyl (C=O) groups excluding carboxylic acids is 1. The van der Waals surface area contributed by atoms with E-state index < -0.39 is 15.9 Å². The second-order valence-electron chi connectivity index (χ2n) is 6.57. The molecule has 150 valence electrons. The SMILES string of the molecule is O=C(Nc1ccc(-c2csnn2)cc1)c1cc(S(=O)(=O)N2CCCC2)ccc1Br. The Morgan fingerprint density at radius 3 is 2.48 bits per heavy atom. The lowest BCUT2D eigenvalue weighted by Gasteiger charge is -2.16. The first-order valence-electron chi connectivity index (χ1n) is 8.94. The van der Waals surface area contributed by atoms with Crippen molar-refractivity contribution in [1.82, 2.24) is 13.9 Å². The van der Waals surface area contributed by atoms with E-state index in [4.69, 9.17) is 0 Å². The summed E-state index contributed by atoms with van der Waals surface area (Å²) < 4.78 is 31.4. The van der Waals surface area contributed by atoms with Crippen LogP contribution < -0.4 is 5.32 Å². The zero-order valence-corrected chi connectivity index (χ0v) is 18.4. The van der Waals surface area contributed by atoms with Gasteiger partial charge in [0.1, 0.15) is 5.69 Å². The predicted octanol–water partition coefficient (Wildman–Crippen LogP) is 4.00. The van der Waals surface area contributed by atoms with Gasteiger partial charge >= 0.3 is 0 Å². The van der Waals surface area contributed by atoms with Crippen LogP contribution in [0.3, 0.4) is 0 Å². The molecule has 2 heterocycles. The van der Waals surface area contributed by atoms with Gasteiger partial charge in [-0.2, -0.15) is 4.31 Å². The van der Waals surface area contributed by atoms with Crippen molar-refractivity contribution < 1.29 is 13.2 Å². The number of hydrogen-bond acceptors (Lipinski definition) is 6. The minimum atomic E-state index is -3.59. The number of nitrogens with zero attached hydrogens (tertiary/aromatic N) is 3. The molecule has 0 unspecified atom stereocenters. The fraction of sp³-hybridized carbons (Fsp3) is 0.211. The lowest BCUT2D eigenvalue weighted by Crippen LogP contribution is -2.28. The molecule has 1 amide bonds. The van der Waals surface area contributed by atoms with Crippen molar-refractivity contribution in [1.29, 1.82) is 0 Å². The Morgan fingerprint density at radius 1 is 1.10 bits per heavy atom. The van der Waals surface area contributed by atoms with E-state index in [1.807, 2.05) is 17.5 Å². The quantitative estimate of drug-likeness (QED) is 0.580. The van der Waals surface area contributed by atoms with Crippen molar-refractivity contribution in [2.24, 2.45) is 0 Å². The Kier molecular flexibility index (Phi) is 5.77. The maximum Gasteiger partial charge on any atom is 0.256 e. The minimum absolute atomic E-state index is 0.124. The van der Waals surface area contributed by atoms with Crippen LogP contribution in [0, 0.1) is 0 Å². The van der Waals surface area contributed by atoms with Gasteiger partial charge in [-0.15, -0.1) is 5.10 Å². The van der Waals surface area contributed by atoms with Crippen LogP contribution in [-0.4, -0.2) is 41.3 Å². The van der Waals surface area contributed by atoms with Gasteiger partial charge in [-0.05, 0) is 70.6 Å². The molecule has 0 aliphatic carbocycles. The lowest BCUT2D eigenvalue weighted by molar-refractivity contribution is 0.102. The summed E-state index contributed by atoms with van der Waals surface area (Å²) in [6.07, 6.45) is 1.71. The van der Waals surface area contributed by atoms with E-state index in [0.717, 1.165) is 24.1 Å². The molecule has 4 rings (SSSR count). The topological polar surface area (TPSA) is 92.3 Å². The monoisotopic (exact) mass is 492 g/mol. The van der Waals surface area contributed by atoms with Crippen molar-refractivity contribution in [2.45, 2.75) is 17.7 Å². The molecule has 7 nitrogen and oxygen atoms in total. The number of hydrogen-bond donors (Lipinski definition) is 1. The number of sulfonamides is 1. The third-order valence-electron chi connectivity index (χ3n) is 4.68. The molecule has 1 N–H and O–H groups in total. The number of aromatic nitrogens is 2. The smallest absolute Gasteiger partial charge is 0.256 e. The first-order chi connectivity index (χ1) is 13.9. The molecule has 29 heavy (non-hydrogen) atoms. The van der Waals surface area contributed by atoms with Crippen LogP contribution in [0.1, 0.15) is 23.2 Å². The lowest BCUT2D eigenvalue weighted by atomic mass is 10.1. The van der Waals surface area contributed by atoms with Crippen LogP contribution in [0.5, 0.6) is 0 Å². The normalized spacial score (nSPS) is 14.8. The first-order valence-corrected chi connectivity index (χ1v) is 12.0. The van der Waals surface area contributed by atoms with E-state index in [2.05, 4.69) is 30.8 Å². The van der Waals surface area contributed by atoms with E-state index in [1.165, 1.54) is 28.0 Å². The Balaban J connectivity index is 1.55. The molecule has 0 atom stereocenters. The number of carbonyl (C=O) groups is 1. The highest BCUT2D eigenvalue weighted by molar-refractivity contribution is 9.10. The summed E-state index contributed by atoms with van der Waals surface area (Å²) in [4.78, 5) is 12.9. The molecule has 0 saturated carbocycles. The van der Waals surface area contributed by atoms with E-state index in [9.17, 15) is 13.2 Å². The van der Waals surface area contributed by atoms with E-state index in [1.54, 1.807) is 18.2 Å². The highest BCUT2D eigenvalue weighted by Crippen LogP contribution is 2.27. The number of benzene rings is 2. The molecule has 1 aromatic heterocycles. The molecular formula is C19H17BrN4O3S2. The zero-order chi connectivity index (χ0) is 20.4. The molecule has 1 aliphatic rings. The Bertz CT molecular complexity index is 1130. The standard InChI is InChI=1S/C19H17BrN4O3S2/c20-17-8-7-15(29(26,27)24-9-1-2-10-24)11-16(17)19(25)21-14-5-3-13(4-6-14)18-12-28-23-22-18/h3-8,11-12H,1-2,9-10H2,(H,21,25). The highest BCUT2D eigenvalue weighted by atomic mass is 79.9. The fourth-order valence-corrected chi connectivity index (χ4v) is 5.57. The number of anilines is 1. The first kappa shape index (κ1) is 20.1. The van der Waals surface area contributed by atoms with Gasteiger partial charge in [0.2, 0.25) is 10.0 Å². The van der Waals surface area contributed by atoms with Gasteiger partial charge in [-0.3, -0.25) is 4.79 Å². The van der Waals surface area contributed by atoms with Gasteiger partial charge in [0.15, 0.2) is 0 Å². The van der Waals surface area contributed by atoms with Gasteiger partial charge in [-0.25, -0.2) is 8.42 Å². The third-order valence-corrected chi connectivity index (χ3v) is 7.77. The molecular weight excluding hydrogens is 476 g/mol. The molecule has 0 bridgehead atoms. The van der Waals surface area contributed by atoms with Crippen LogP contribution in [0.25, 0.3) is 11.3 Å². The van der Waals surface area contributed by atoms with Gasteiger partial charge < -0.3 is 5.32 Å². The van der Waals surface area contributed by atoms with E-state index >= 15 is 0 Å². The van der Waals surface area contributed by atoms with Crippen molar-refractivity contribution in [3.8, 4) is 11.3 Å². The van der Waals surface area contributed by atoms with Crippen LogP contribution in [0.15, 0.2) is 57.2 Å². The molecule has 3 aromatic rings. The van der Waals surface area contributed by atoms with Crippen LogP contribution in [-0.2, 0) is 10.0 Å². The summed E-state index contributed by atoms with van der Waals surface area (Å²) in [5.74, 6) is -0.390. The Morgan fingerprint density at radius 2 is 1.83 bits per heavy atom. The summed E-state index contributed by atoms with van der Waals surface area (Å²) in [6.45, 7) is 1.03. The van der Waals surface area contributed by atoms with E-state index in [0.29, 0.717) is 23.2 Å². The summed E-state index contributed by atoms with van der Waals surface area (Å²) in [6, 6.07) is 11.8. The fourth-order valence-electron chi connectivity index (χ4n) is 3.13. The molecule has 1 aliphatic heterocycles. The van der Waals surface area contributed by atoms with Crippen molar-refractivity contribution in [3.63, 3.8) is 0 Å². The van der Waals surface area contributed by atoms with Gasteiger partial charge in [0.05, 0.1) is 10.5 Å². The van der Waals surface area contributed by atoms with Crippen molar-refractivity contribution in [2.75, 3.05) is 18.4 Å². The van der Waals surface area contributed by atoms with Gasteiger partial charge in [0.25, 0.3) is 5.91 Å². The van der Waals surface area contributed by atoms with Crippen LogP contribution in [0.2, 0.25) is 0 Å². The summed E-state index contributed by atoms with van der Waals surface area (Å²) >= 11 is 4.62. The summed E-state index contributed by atoms with van der Waals surface area (Å²) in [7, 11) is -3.59. The highest BCUT2D eigenvalue weighted by Gasteiger charge is 2.28. The maximum absolute atomic E-state index is 12.8. The summed E-state index contributed by atoms with van der Waals surface area (Å²) in [5.41, 5.74) is 2.53. The maximum atomic E-state index is 12.8. The van der Waals surface area contributed by atoms with Crippen molar-refractivity contribution in [3.05, 3.63) is 57.9 Å². The number of nitrogens with one attached hydrogen (secondary N) is 1. The number of amides is 1. The molecule has 0 radical (unpaired) electrons. The molecule has 10 heteroatoms. The Hall–Kier alpha value is -2.14. The minimum Gasteiger partial charge on any atom is -0.322 e. The third kappa shape index (κ3) is 4.25. The zero-order valence-electron chi connectivity index (χ0n) is 15.2. The number of halogens is 1. The number of rotatable bonds is 5. The molecule has 1 fully saturated rings. The van der Waals surface area contributed by atoms with Crippen LogP contribution >= 0.6 is 27.5 Å². The van der Waals surface area contributed by atoms with E-state index in [-0.39, 0.29) is 10.5 Å². The average Bonchev–Trinajstić information content (AvgIpc) is 3.43. The van der Waals surface area contributed by atoms with Crippen molar-refractivity contribution >= 4 is 49.1 Å². The second kappa shape index (κ2) is 8.31. The second-order valence-corrected chi connectivity index (χ2v) is 9.98. The predicted molar refractivity (Wildman–Crippen MR) is 115 cm³/mol. The summed E-state index contributed by atoms with van der Waals surface area (Å²) in [5, 5.41) is 8.67. The van der Waals surface area contributed by atoms with Gasteiger partial charge in [0, 0.05) is 34.2 Å². The van der Waals surface area contributed by atoms with Crippen LogP contribution in [0.4, 0.5) is 5.69 Å². The molecule has 1 saturated heterocycles. The largest absolute Gasteiger partial charge is 0.322 e. The van der Waals surface area contributed by atoms with Gasteiger partial charge in [-0.1, -0.05) is 16.6 Å². The molecule has 0 spiro atoms. The average molecular weight is 493 g/mol. The molecule has 2 aromatic carbocycles.